The first-order chi connectivity index (χ1) is 42.7. The lowest BCUT2D eigenvalue weighted by Gasteiger charge is -2.51. The number of fused-ring (bicyclic) bond motifs is 14. The zero-order chi connectivity index (χ0) is 56.1. The molecule has 86 heavy (non-hydrogen) atoms. The van der Waals surface area contributed by atoms with Gasteiger partial charge in [0.1, 0.15) is 11.5 Å². The lowest BCUT2D eigenvalue weighted by molar-refractivity contribution is 0.488. The number of ether oxygens (including phenoxy) is 1. The van der Waals surface area contributed by atoms with Crippen molar-refractivity contribution in [2.75, 3.05) is 19.6 Å². The second kappa shape index (κ2) is 18.3. The minimum atomic E-state index is -0.159. The van der Waals surface area contributed by atoms with E-state index in [2.05, 4.69) is 317 Å². The molecule has 6 heterocycles. The molecule has 19 rings (SSSR count). The van der Waals surface area contributed by atoms with E-state index in [-0.39, 0.29) is 20.1 Å². The van der Waals surface area contributed by atoms with E-state index in [1.54, 1.807) is 0 Å². The minimum Gasteiger partial charge on any atom is -0.458 e. The summed E-state index contributed by atoms with van der Waals surface area (Å²) in [6, 6.07) is 110. The van der Waals surface area contributed by atoms with Crippen LogP contribution in [-0.2, 0) is 0 Å². The highest BCUT2D eigenvalue weighted by Gasteiger charge is 2.53. The molecule has 13 aromatic rings. The highest BCUT2D eigenvalue weighted by atomic mass is 16.5. The fraction of sp³-hybridized carbons (Fsp3) is 0. The van der Waals surface area contributed by atoms with Gasteiger partial charge >= 0.3 is 0 Å². The molecular weight excluding hydrogens is 1040 g/mol. The van der Waals surface area contributed by atoms with Gasteiger partial charge in [0.25, 0.3) is 20.1 Å². The van der Waals surface area contributed by atoms with E-state index in [1.807, 2.05) is 0 Å². The normalized spacial score (nSPS) is 13.7. The van der Waals surface area contributed by atoms with Crippen molar-refractivity contribution in [3.8, 4) is 44.9 Å². The average Bonchev–Trinajstić information content (AvgIpc) is 0.688. The fourth-order valence-corrected chi connectivity index (χ4v) is 15.7. The molecule has 6 aliphatic heterocycles. The Balaban J connectivity index is 0.906. The Morgan fingerprint density at radius 3 is 1.09 bits per heavy atom. The molecule has 0 fully saturated rings. The van der Waals surface area contributed by atoms with Crippen molar-refractivity contribution in [3.05, 3.63) is 297 Å². The standard InChI is InChI=1S/C78H49B3N4O/c1-6-25-50(26-7-1)56-35-24-36-57(51-27-8-2-9-28-51)74(56)52-45-69-75-73(46-52)86-72-49-68-62(47-63(72)81(75)59-38-17-21-42-65(59)82(69)53-29-10-3-11-30-53)80-61-40-19-23-44-67(61)85-66-43-22-18-39-60(66)79-58-37-16-20-41-64(58)83(54-31-12-4-13-32-54)70-48-71(77(80)78(85)76(70)79)84(68)55-33-14-5-15-34-55/h1-49H. The Kier molecular flexibility index (Phi) is 10.1. The van der Waals surface area contributed by atoms with E-state index < -0.39 is 0 Å². The van der Waals surface area contributed by atoms with Gasteiger partial charge in [0.2, 0.25) is 0 Å². The third-order valence-electron chi connectivity index (χ3n) is 19.0. The molecule has 0 unspecified atom stereocenters. The van der Waals surface area contributed by atoms with E-state index in [9.17, 15) is 0 Å². The monoisotopic (exact) mass is 1090 g/mol. The van der Waals surface area contributed by atoms with Gasteiger partial charge in [0, 0.05) is 74.3 Å². The Bertz CT molecular complexity index is 4900. The molecule has 0 radical (unpaired) electrons. The molecule has 8 heteroatoms. The van der Waals surface area contributed by atoms with Crippen molar-refractivity contribution in [1.29, 1.82) is 0 Å². The van der Waals surface area contributed by atoms with E-state index >= 15 is 0 Å². The molecule has 0 bridgehead atoms. The minimum absolute atomic E-state index is 0.00197. The molecule has 6 aliphatic rings. The molecule has 0 spiro atoms. The number of para-hydroxylation sites is 7. The van der Waals surface area contributed by atoms with Crippen molar-refractivity contribution in [3.63, 3.8) is 0 Å². The Morgan fingerprint density at radius 2 is 0.616 bits per heavy atom. The van der Waals surface area contributed by atoms with Crippen LogP contribution in [0, 0.1) is 0 Å². The summed E-state index contributed by atoms with van der Waals surface area (Å²) < 4.78 is 7.81. The zero-order valence-corrected chi connectivity index (χ0v) is 46.7. The highest BCUT2D eigenvalue weighted by molar-refractivity contribution is 7.05. The van der Waals surface area contributed by atoms with Crippen LogP contribution in [-0.4, -0.2) is 20.1 Å². The fourth-order valence-electron chi connectivity index (χ4n) is 15.7. The molecule has 0 saturated heterocycles. The van der Waals surface area contributed by atoms with Gasteiger partial charge in [-0.05, 0) is 161 Å². The second-order valence-electron chi connectivity index (χ2n) is 23.4. The maximum absolute atomic E-state index is 7.81. The molecule has 0 aromatic heterocycles. The average molecular weight is 1090 g/mol. The van der Waals surface area contributed by atoms with Gasteiger partial charge in [-0.2, -0.15) is 0 Å². The molecular formula is C78H49B3N4O. The molecule has 0 saturated carbocycles. The SMILES string of the molecule is c1ccc(-c2cccc(-c3ccccc3)c2-c2cc3c4c(c2)N(c2ccccc2)c2ccccc2B4c2cc4c(cc2O3)N(c2ccccc2)c2cc3c5c6c2B4c2ccccc2N6c2ccccc2B5c2ccccc2N3c2ccccc2)cc1. The topological polar surface area (TPSA) is 22.2 Å². The quantitative estimate of drug-likeness (QED) is 0.154. The Labute approximate surface area is 501 Å². The van der Waals surface area contributed by atoms with Crippen molar-refractivity contribution in [2.24, 2.45) is 0 Å². The molecule has 0 N–H and O–H groups in total. The van der Waals surface area contributed by atoms with Gasteiger partial charge in [-0.25, -0.2) is 0 Å². The first-order valence-corrected chi connectivity index (χ1v) is 29.9. The van der Waals surface area contributed by atoms with Crippen LogP contribution in [0.1, 0.15) is 0 Å². The summed E-state index contributed by atoms with van der Waals surface area (Å²) in [4.78, 5) is 10.2. The largest absolute Gasteiger partial charge is 0.458 e. The van der Waals surface area contributed by atoms with E-state index in [0.29, 0.717) is 0 Å². The van der Waals surface area contributed by atoms with Crippen LogP contribution >= 0.6 is 0 Å². The van der Waals surface area contributed by atoms with E-state index in [1.165, 1.54) is 66.7 Å². The van der Waals surface area contributed by atoms with Crippen LogP contribution in [0.2, 0.25) is 0 Å². The van der Waals surface area contributed by atoms with Gasteiger partial charge in [0.15, 0.2) is 0 Å². The zero-order valence-electron chi connectivity index (χ0n) is 46.7. The summed E-state index contributed by atoms with van der Waals surface area (Å²) in [5, 5.41) is 0. The first kappa shape index (κ1) is 47.5. The number of hydrogen-bond acceptors (Lipinski definition) is 5. The van der Waals surface area contributed by atoms with Gasteiger partial charge < -0.3 is 24.3 Å². The maximum Gasteiger partial charge on any atom is 0.256 e. The molecule has 0 amide bonds. The number of hydrogen-bond donors (Lipinski definition) is 0. The van der Waals surface area contributed by atoms with Crippen LogP contribution in [0.25, 0.3) is 33.4 Å². The third-order valence-corrected chi connectivity index (χ3v) is 19.0. The predicted octanol–water partition coefficient (Wildman–Crippen LogP) is 13.8. The van der Waals surface area contributed by atoms with Gasteiger partial charge in [-0.1, -0.05) is 212 Å². The number of rotatable bonds is 6. The van der Waals surface area contributed by atoms with Crippen molar-refractivity contribution < 1.29 is 4.74 Å². The van der Waals surface area contributed by atoms with E-state index in [4.69, 9.17) is 4.74 Å². The van der Waals surface area contributed by atoms with Crippen LogP contribution in [0.5, 0.6) is 11.5 Å². The lowest BCUT2D eigenvalue weighted by Crippen LogP contribution is -2.69. The lowest BCUT2D eigenvalue weighted by atomic mass is 9.28. The smallest absolute Gasteiger partial charge is 0.256 e. The highest BCUT2D eigenvalue weighted by Crippen LogP contribution is 2.52. The predicted molar refractivity (Wildman–Crippen MR) is 362 cm³/mol. The van der Waals surface area contributed by atoms with Crippen LogP contribution in [0.4, 0.5) is 68.2 Å². The van der Waals surface area contributed by atoms with Crippen LogP contribution < -0.4 is 73.5 Å². The van der Waals surface area contributed by atoms with Crippen molar-refractivity contribution in [2.45, 2.75) is 0 Å². The summed E-state index contributed by atoms with van der Waals surface area (Å²) in [6.45, 7) is -0.286. The van der Waals surface area contributed by atoms with Crippen LogP contribution in [0.15, 0.2) is 297 Å². The van der Waals surface area contributed by atoms with Gasteiger partial charge in [0.05, 0.1) is 0 Å². The molecule has 396 valence electrons. The molecule has 0 atom stereocenters. The second-order valence-corrected chi connectivity index (χ2v) is 23.4. The van der Waals surface area contributed by atoms with Crippen molar-refractivity contribution >= 4 is 138 Å². The molecule has 5 nitrogen and oxygen atoms in total. The summed E-state index contributed by atoms with van der Waals surface area (Å²) in [6.07, 6.45) is 0. The number of benzene rings is 13. The van der Waals surface area contributed by atoms with Crippen molar-refractivity contribution in [1.82, 2.24) is 0 Å². The summed E-state index contributed by atoms with van der Waals surface area (Å²) in [5.41, 5.74) is 32.2. The summed E-state index contributed by atoms with van der Waals surface area (Å²) in [5.74, 6) is 1.71. The van der Waals surface area contributed by atoms with Crippen LogP contribution in [0.3, 0.4) is 0 Å². The number of anilines is 12. The summed E-state index contributed by atoms with van der Waals surface area (Å²) in [7, 11) is 0. The van der Waals surface area contributed by atoms with Gasteiger partial charge in [-0.15, -0.1) is 0 Å². The van der Waals surface area contributed by atoms with Gasteiger partial charge in [-0.3, -0.25) is 0 Å². The Hall–Kier alpha value is -10.9. The summed E-state index contributed by atoms with van der Waals surface area (Å²) >= 11 is 0. The maximum atomic E-state index is 7.81. The number of nitrogens with zero attached hydrogens (tertiary/aromatic N) is 4. The third kappa shape index (κ3) is 6.64. The first-order valence-electron chi connectivity index (χ1n) is 29.9. The Morgan fingerprint density at radius 1 is 0.233 bits per heavy atom. The van der Waals surface area contributed by atoms with E-state index in [0.717, 1.165) is 95.6 Å². The molecule has 0 aliphatic carbocycles. The molecule has 13 aromatic carbocycles.